The summed E-state index contributed by atoms with van der Waals surface area (Å²) in [5.74, 6) is 6.18. The third-order valence-corrected chi connectivity index (χ3v) is 3.92. The van der Waals surface area contributed by atoms with E-state index in [1.807, 2.05) is 69.5 Å². The van der Waals surface area contributed by atoms with Gasteiger partial charge in [0.2, 0.25) is 0 Å². The molecular formula is C25H30N2O. The van der Waals surface area contributed by atoms with Crippen molar-refractivity contribution in [3.05, 3.63) is 83.6 Å². The molecule has 1 N–H and O–H groups in total. The second-order valence-electron chi connectivity index (χ2n) is 6.20. The molecule has 0 heterocycles. The Kier molecular flexibility index (Phi) is 11.5. The van der Waals surface area contributed by atoms with Crippen molar-refractivity contribution in [1.29, 1.82) is 0 Å². The lowest BCUT2D eigenvalue weighted by atomic mass is 10.0. The van der Waals surface area contributed by atoms with Crippen molar-refractivity contribution >= 4 is 12.1 Å². The third-order valence-electron chi connectivity index (χ3n) is 3.92. The fourth-order valence-corrected chi connectivity index (χ4v) is 2.28. The van der Waals surface area contributed by atoms with Crippen LogP contribution in [0.25, 0.3) is 0 Å². The zero-order valence-electron chi connectivity index (χ0n) is 17.2. The highest BCUT2D eigenvalue weighted by Crippen LogP contribution is 2.11. The number of allylic oxidation sites excluding steroid dienone is 6. The molecule has 0 aliphatic heterocycles. The number of carbonyl (C=O) groups is 1. The monoisotopic (exact) mass is 374 g/mol. The molecule has 3 heteroatoms. The van der Waals surface area contributed by atoms with Gasteiger partial charge in [0.05, 0.1) is 0 Å². The molecule has 0 radical (unpaired) electrons. The summed E-state index contributed by atoms with van der Waals surface area (Å²) in [4.78, 5) is 16.5. The maximum atomic E-state index is 12.4. The van der Waals surface area contributed by atoms with Gasteiger partial charge in [-0.15, -0.1) is 0 Å². The zero-order chi connectivity index (χ0) is 20.6. The summed E-state index contributed by atoms with van der Waals surface area (Å²) < 4.78 is 0. The fourth-order valence-electron chi connectivity index (χ4n) is 2.28. The first-order valence-electron chi connectivity index (χ1n) is 9.61. The van der Waals surface area contributed by atoms with E-state index in [-0.39, 0.29) is 5.91 Å². The number of carbonyl (C=O) groups excluding carboxylic acids is 1. The molecule has 3 nitrogen and oxygen atoms in total. The van der Waals surface area contributed by atoms with Crippen LogP contribution in [0.1, 0.15) is 54.6 Å². The van der Waals surface area contributed by atoms with Crippen molar-refractivity contribution in [1.82, 2.24) is 5.32 Å². The quantitative estimate of drug-likeness (QED) is 0.262. The first kappa shape index (κ1) is 22.9. The average molecular weight is 375 g/mol. The van der Waals surface area contributed by atoms with Gasteiger partial charge in [0.15, 0.2) is 0 Å². The van der Waals surface area contributed by atoms with E-state index in [9.17, 15) is 4.79 Å². The first-order valence-corrected chi connectivity index (χ1v) is 9.61. The number of hydrogen-bond acceptors (Lipinski definition) is 2. The number of nitrogens with zero attached hydrogens (tertiary/aromatic N) is 1. The predicted molar refractivity (Wildman–Crippen MR) is 121 cm³/mol. The van der Waals surface area contributed by atoms with E-state index in [1.165, 1.54) is 0 Å². The average Bonchev–Trinajstić information content (AvgIpc) is 2.71. The molecule has 0 aromatic heterocycles. The summed E-state index contributed by atoms with van der Waals surface area (Å²) in [5, 5.41) is 2.97. The summed E-state index contributed by atoms with van der Waals surface area (Å²) in [6.07, 6.45) is 15.9. The second-order valence-corrected chi connectivity index (χ2v) is 6.20. The molecule has 1 aromatic rings. The van der Waals surface area contributed by atoms with Gasteiger partial charge in [-0.25, -0.2) is 0 Å². The summed E-state index contributed by atoms with van der Waals surface area (Å²) in [6, 6.07) is 5.61. The smallest absolute Gasteiger partial charge is 0.251 e. The number of benzene rings is 1. The Bertz CT molecular complexity index is 830. The number of amides is 1. The van der Waals surface area contributed by atoms with Crippen LogP contribution in [0.2, 0.25) is 0 Å². The van der Waals surface area contributed by atoms with Crippen LogP contribution in [-0.4, -0.2) is 18.7 Å². The minimum atomic E-state index is -0.0703. The first-order chi connectivity index (χ1) is 13.6. The molecule has 0 atom stereocenters. The molecule has 0 saturated heterocycles. The van der Waals surface area contributed by atoms with E-state index in [4.69, 9.17) is 0 Å². The van der Waals surface area contributed by atoms with Crippen molar-refractivity contribution in [2.75, 3.05) is 6.54 Å². The third kappa shape index (κ3) is 9.00. The van der Waals surface area contributed by atoms with Crippen molar-refractivity contribution in [2.24, 2.45) is 4.99 Å². The van der Waals surface area contributed by atoms with Gasteiger partial charge in [0.25, 0.3) is 5.91 Å². The molecule has 0 saturated carbocycles. The Hall–Kier alpha value is -3.12. The lowest BCUT2D eigenvalue weighted by Gasteiger charge is -2.06. The van der Waals surface area contributed by atoms with Crippen LogP contribution in [-0.2, 0) is 0 Å². The fraction of sp³-hybridized carbons (Fsp3) is 0.280. The van der Waals surface area contributed by atoms with Crippen LogP contribution in [0.5, 0.6) is 0 Å². The highest BCUT2D eigenvalue weighted by Gasteiger charge is 2.06. The van der Waals surface area contributed by atoms with Crippen LogP contribution >= 0.6 is 0 Å². The van der Waals surface area contributed by atoms with Crippen molar-refractivity contribution in [3.8, 4) is 11.8 Å². The molecule has 1 amide bonds. The van der Waals surface area contributed by atoms with E-state index in [1.54, 1.807) is 12.3 Å². The van der Waals surface area contributed by atoms with E-state index in [2.05, 4.69) is 28.7 Å². The van der Waals surface area contributed by atoms with Gasteiger partial charge in [-0.2, -0.15) is 0 Å². The Morgan fingerprint density at radius 1 is 1.25 bits per heavy atom. The van der Waals surface area contributed by atoms with Gasteiger partial charge in [-0.3, -0.25) is 9.79 Å². The molecule has 1 aromatic carbocycles. The van der Waals surface area contributed by atoms with E-state index in [0.29, 0.717) is 12.1 Å². The Balaban J connectivity index is 2.67. The number of aliphatic imine (C=N–C) groups is 1. The number of hydrogen-bond donors (Lipinski definition) is 1. The summed E-state index contributed by atoms with van der Waals surface area (Å²) in [7, 11) is 0. The minimum Gasteiger partial charge on any atom is -0.352 e. The van der Waals surface area contributed by atoms with Crippen LogP contribution < -0.4 is 5.32 Å². The highest BCUT2D eigenvalue weighted by atomic mass is 16.1. The van der Waals surface area contributed by atoms with Gasteiger partial charge in [-0.1, -0.05) is 48.8 Å². The molecule has 0 unspecified atom stereocenters. The summed E-state index contributed by atoms with van der Waals surface area (Å²) in [6.45, 7) is 10.3. The zero-order valence-corrected chi connectivity index (χ0v) is 17.2. The van der Waals surface area contributed by atoms with E-state index in [0.717, 1.165) is 36.0 Å². The van der Waals surface area contributed by atoms with E-state index >= 15 is 0 Å². The van der Waals surface area contributed by atoms with Gasteiger partial charge >= 0.3 is 0 Å². The molecule has 0 spiro atoms. The minimum absolute atomic E-state index is 0.0703. The number of rotatable bonds is 9. The Morgan fingerprint density at radius 3 is 2.79 bits per heavy atom. The molecule has 0 bridgehead atoms. The molecule has 28 heavy (non-hydrogen) atoms. The predicted octanol–water partition coefficient (Wildman–Crippen LogP) is 5.54. The molecule has 146 valence electrons. The molecule has 0 aliphatic carbocycles. The van der Waals surface area contributed by atoms with Crippen molar-refractivity contribution in [2.45, 2.75) is 40.0 Å². The van der Waals surface area contributed by atoms with Crippen LogP contribution in [0, 0.1) is 18.8 Å². The number of aryl methyl sites for hydroxylation is 1. The summed E-state index contributed by atoms with van der Waals surface area (Å²) in [5.41, 5.74) is 3.35. The van der Waals surface area contributed by atoms with Crippen molar-refractivity contribution in [3.63, 3.8) is 0 Å². The van der Waals surface area contributed by atoms with Crippen LogP contribution in [0.4, 0.5) is 0 Å². The van der Waals surface area contributed by atoms with Gasteiger partial charge in [0, 0.05) is 35.7 Å². The molecular weight excluding hydrogens is 344 g/mol. The number of unbranched alkanes of at least 4 members (excludes halogenated alkanes) is 2. The lowest BCUT2D eigenvalue weighted by molar-refractivity contribution is 0.0953. The normalized spacial score (nSPS) is 11.8. The number of nitrogens with one attached hydrogen (secondary N) is 1. The topological polar surface area (TPSA) is 41.5 Å². The standard InChI is InChI=1S/C25H30N2O/c1-5-8-12-22(7-3)14-16-23-20-24(15-13-21(23)4)25(28)27-19-11-9-10-18-26-17-6-2/h5-8,12-13,15,17-18,20H,3,9-11,19H2,1-2,4H3,(H,27,28)/b8-5-,17-6-,22-12+,26-18?. The van der Waals surface area contributed by atoms with Crippen LogP contribution in [0.15, 0.2) is 71.9 Å². The van der Waals surface area contributed by atoms with E-state index < -0.39 is 0 Å². The molecule has 1 rings (SSSR count). The second kappa shape index (κ2) is 14.0. The van der Waals surface area contributed by atoms with Crippen LogP contribution in [0.3, 0.4) is 0 Å². The Labute approximate surface area is 169 Å². The largest absolute Gasteiger partial charge is 0.352 e. The van der Waals surface area contributed by atoms with Crippen molar-refractivity contribution < 1.29 is 4.79 Å². The SMILES string of the molecule is C=C/C(C#Cc1cc(C(=O)NCCCCC=N/C=C\C)ccc1C)=C\C=C/C. The molecule has 0 aliphatic rings. The van der Waals surface area contributed by atoms with Gasteiger partial charge in [0.1, 0.15) is 0 Å². The maximum absolute atomic E-state index is 12.4. The summed E-state index contributed by atoms with van der Waals surface area (Å²) >= 11 is 0. The lowest BCUT2D eigenvalue weighted by Crippen LogP contribution is -2.24. The van der Waals surface area contributed by atoms with Gasteiger partial charge in [-0.05, 0) is 63.8 Å². The maximum Gasteiger partial charge on any atom is 0.251 e. The highest BCUT2D eigenvalue weighted by molar-refractivity contribution is 5.94. The Morgan fingerprint density at radius 2 is 2.07 bits per heavy atom. The van der Waals surface area contributed by atoms with Gasteiger partial charge < -0.3 is 5.32 Å². The molecule has 0 fully saturated rings.